The Hall–Kier alpha value is -1.39. The second kappa shape index (κ2) is 13.7. The van der Waals surface area contributed by atoms with Crippen LogP contribution in [-0.4, -0.2) is 56.7 Å². The Morgan fingerprint density at radius 1 is 1.29 bits per heavy atom. The smallest absolute Gasteiger partial charge is 0.191 e. The summed E-state index contributed by atoms with van der Waals surface area (Å²) in [7, 11) is 5.87. The summed E-state index contributed by atoms with van der Waals surface area (Å²) in [5.41, 5.74) is 1.16. The van der Waals surface area contributed by atoms with Crippen molar-refractivity contribution in [2.75, 3.05) is 40.8 Å². The van der Waals surface area contributed by atoms with Crippen LogP contribution in [0.1, 0.15) is 22.4 Å². The number of nitrogens with zero attached hydrogens (tertiary/aromatic N) is 3. The van der Waals surface area contributed by atoms with Gasteiger partial charge in [-0.3, -0.25) is 4.99 Å². The average Bonchev–Trinajstić information content (AvgIpc) is 3.12. The van der Waals surface area contributed by atoms with E-state index in [1.807, 2.05) is 32.4 Å². The third-order valence-corrected chi connectivity index (χ3v) is 5.17. The third kappa shape index (κ3) is 9.20. The van der Waals surface area contributed by atoms with Crippen LogP contribution in [-0.2, 0) is 19.4 Å². The molecule has 0 atom stereocenters. The van der Waals surface area contributed by atoms with Gasteiger partial charge in [-0.05, 0) is 38.2 Å². The molecule has 0 aliphatic carbocycles. The van der Waals surface area contributed by atoms with E-state index < -0.39 is 0 Å². The fourth-order valence-electron chi connectivity index (χ4n) is 2.41. The number of benzene rings is 1. The van der Waals surface area contributed by atoms with Crippen LogP contribution in [0, 0.1) is 0 Å². The Morgan fingerprint density at radius 2 is 2.11 bits per heavy atom. The van der Waals surface area contributed by atoms with Gasteiger partial charge in [0.1, 0.15) is 12.4 Å². The lowest BCUT2D eigenvalue weighted by Crippen LogP contribution is -2.37. The van der Waals surface area contributed by atoms with Gasteiger partial charge >= 0.3 is 0 Å². The van der Waals surface area contributed by atoms with Crippen LogP contribution < -0.4 is 15.4 Å². The van der Waals surface area contributed by atoms with E-state index in [1.165, 1.54) is 4.88 Å². The van der Waals surface area contributed by atoms with E-state index in [9.17, 15) is 0 Å². The predicted molar refractivity (Wildman–Crippen MR) is 129 cm³/mol. The lowest BCUT2D eigenvalue weighted by molar-refractivity contribution is 0.261. The number of aliphatic imine (C=N–C) groups is 1. The number of aromatic nitrogens is 1. The quantitative estimate of drug-likeness (QED) is 0.288. The van der Waals surface area contributed by atoms with Gasteiger partial charge in [-0.1, -0.05) is 19.1 Å². The maximum absolute atomic E-state index is 5.79. The van der Waals surface area contributed by atoms with Crippen molar-refractivity contribution in [2.45, 2.75) is 26.3 Å². The summed E-state index contributed by atoms with van der Waals surface area (Å²) in [6, 6.07) is 8.16. The SMILES string of the molecule is CCc1cnc(CCNC(=NC)NCc2cccc(OCCN(C)C)c2)s1.I. The lowest BCUT2D eigenvalue weighted by atomic mass is 10.2. The van der Waals surface area contributed by atoms with E-state index in [0.717, 1.165) is 48.2 Å². The van der Waals surface area contributed by atoms with Crippen molar-refractivity contribution in [1.82, 2.24) is 20.5 Å². The molecule has 8 heteroatoms. The minimum Gasteiger partial charge on any atom is -0.492 e. The van der Waals surface area contributed by atoms with Crippen LogP contribution in [0.4, 0.5) is 0 Å². The highest BCUT2D eigenvalue weighted by Gasteiger charge is 2.03. The van der Waals surface area contributed by atoms with Crippen LogP contribution in [0.3, 0.4) is 0 Å². The van der Waals surface area contributed by atoms with Gasteiger partial charge in [-0.25, -0.2) is 4.98 Å². The number of hydrogen-bond acceptors (Lipinski definition) is 5. The summed E-state index contributed by atoms with van der Waals surface area (Å²) >= 11 is 1.78. The van der Waals surface area contributed by atoms with Crippen molar-refractivity contribution in [2.24, 2.45) is 4.99 Å². The van der Waals surface area contributed by atoms with E-state index in [1.54, 1.807) is 18.4 Å². The van der Waals surface area contributed by atoms with Gasteiger partial charge in [-0.15, -0.1) is 35.3 Å². The molecule has 0 bridgehead atoms. The Balaban J connectivity index is 0.00000392. The summed E-state index contributed by atoms with van der Waals surface area (Å²) in [6.07, 6.45) is 3.92. The predicted octanol–water partition coefficient (Wildman–Crippen LogP) is 3.17. The van der Waals surface area contributed by atoms with Crippen LogP contribution in [0.25, 0.3) is 0 Å². The molecule has 0 saturated carbocycles. The van der Waals surface area contributed by atoms with E-state index in [4.69, 9.17) is 4.74 Å². The first-order chi connectivity index (χ1) is 13.1. The molecule has 0 radical (unpaired) electrons. The molecule has 156 valence electrons. The number of likely N-dealkylation sites (N-methyl/N-ethyl adjacent to an activating group) is 1. The van der Waals surface area contributed by atoms with Gasteiger partial charge in [0.15, 0.2) is 5.96 Å². The minimum absolute atomic E-state index is 0. The number of nitrogens with one attached hydrogen (secondary N) is 2. The highest BCUT2D eigenvalue weighted by atomic mass is 127. The Bertz CT molecular complexity index is 720. The summed E-state index contributed by atoms with van der Waals surface area (Å²) in [6.45, 7) is 5.25. The van der Waals surface area contributed by atoms with E-state index in [2.05, 4.69) is 44.6 Å². The van der Waals surface area contributed by atoms with Gasteiger partial charge < -0.3 is 20.3 Å². The fraction of sp³-hybridized carbons (Fsp3) is 0.500. The summed E-state index contributed by atoms with van der Waals surface area (Å²) in [4.78, 5) is 12.2. The van der Waals surface area contributed by atoms with Crippen molar-refractivity contribution < 1.29 is 4.74 Å². The van der Waals surface area contributed by atoms with Crippen molar-refractivity contribution in [3.63, 3.8) is 0 Å². The normalized spacial score (nSPS) is 11.2. The van der Waals surface area contributed by atoms with Crippen LogP contribution in [0.15, 0.2) is 35.5 Å². The van der Waals surface area contributed by atoms with Crippen LogP contribution >= 0.6 is 35.3 Å². The van der Waals surface area contributed by atoms with Gasteiger partial charge in [0.2, 0.25) is 0 Å². The number of guanidine groups is 1. The molecule has 6 nitrogen and oxygen atoms in total. The summed E-state index contributed by atoms with van der Waals surface area (Å²) in [5.74, 6) is 1.69. The zero-order valence-corrected chi connectivity index (χ0v) is 20.3. The zero-order chi connectivity index (χ0) is 19.5. The molecule has 2 N–H and O–H groups in total. The minimum atomic E-state index is 0. The topological polar surface area (TPSA) is 61.8 Å². The number of hydrogen-bond donors (Lipinski definition) is 2. The molecule has 0 aliphatic heterocycles. The molecule has 28 heavy (non-hydrogen) atoms. The number of ether oxygens (including phenoxy) is 1. The average molecular weight is 517 g/mol. The third-order valence-electron chi connectivity index (χ3n) is 3.97. The highest BCUT2D eigenvalue weighted by molar-refractivity contribution is 14.0. The Labute approximate surface area is 189 Å². The van der Waals surface area contributed by atoms with Crippen molar-refractivity contribution in [1.29, 1.82) is 0 Å². The molecule has 1 aromatic carbocycles. The Kier molecular flexibility index (Phi) is 12.1. The molecular weight excluding hydrogens is 485 g/mol. The molecule has 0 amide bonds. The van der Waals surface area contributed by atoms with E-state index in [0.29, 0.717) is 13.2 Å². The number of rotatable bonds is 10. The first-order valence-corrected chi connectivity index (χ1v) is 10.2. The molecule has 1 heterocycles. The van der Waals surface area contributed by atoms with E-state index >= 15 is 0 Å². The molecule has 2 rings (SSSR count). The van der Waals surface area contributed by atoms with Gasteiger partial charge in [0.05, 0.1) is 5.01 Å². The van der Waals surface area contributed by atoms with Crippen molar-refractivity contribution in [3.05, 3.63) is 45.9 Å². The summed E-state index contributed by atoms with van der Waals surface area (Å²) < 4.78 is 5.79. The van der Waals surface area contributed by atoms with Crippen molar-refractivity contribution >= 4 is 41.3 Å². The lowest BCUT2D eigenvalue weighted by Gasteiger charge is -2.13. The Morgan fingerprint density at radius 3 is 2.79 bits per heavy atom. The molecule has 0 fully saturated rings. The van der Waals surface area contributed by atoms with Gasteiger partial charge in [0, 0.05) is 44.2 Å². The molecule has 0 aliphatic rings. The molecule has 0 spiro atoms. The van der Waals surface area contributed by atoms with Crippen LogP contribution in [0.2, 0.25) is 0 Å². The molecular formula is C20H32IN5OS. The summed E-state index contributed by atoms with van der Waals surface area (Å²) in [5, 5.41) is 7.86. The second-order valence-corrected chi connectivity index (χ2v) is 7.68. The first-order valence-electron chi connectivity index (χ1n) is 9.35. The van der Waals surface area contributed by atoms with Gasteiger partial charge in [-0.2, -0.15) is 0 Å². The monoisotopic (exact) mass is 517 g/mol. The molecule has 0 saturated heterocycles. The highest BCUT2D eigenvalue weighted by Crippen LogP contribution is 2.14. The molecule has 2 aromatic rings. The standard InChI is InChI=1S/C20H31N5OS.HI/c1-5-18-15-23-19(27-18)9-10-22-20(21-2)24-14-16-7-6-8-17(13-16)26-12-11-25(3)4;/h6-8,13,15H,5,9-12,14H2,1-4H3,(H2,21,22,24);1H. The first kappa shape index (κ1) is 24.6. The largest absolute Gasteiger partial charge is 0.492 e. The number of halogens is 1. The number of thiazole rings is 1. The number of aryl methyl sites for hydroxylation is 1. The maximum atomic E-state index is 5.79. The molecule has 0 unspecified atom stereocenters. The molecule has 1 aromatic heterocycles. The van der Waals surface area contributed by atoms with Crippen molar-refractivity contribution in [3.8, 4) is 5.75 Å². The zero-order valence-electron chi connectivity index (χ0n) is 17.2. The maximum Gasteiger partial charge on any atom is 0.191 e. The fourth-order valence-corrected chi connectivity index (χ4v) is 3.27. The van der Waals surface area contributed by atoms with E-state index in [-0.39, 0.29) is 24.0 Å². The van der Waals surface area contributed by atoms with Gasteiger partial charge in [0.25, 0.3) is 0 Å². The second-order valence-electron chi connectivity index (χ2n) is 6.48. The van der Waals surface area contributed by atoms with Crippen LogP contribution in [0.5, 0.6) is 5.75 Å².